The molecule has 0 aromatic heterocycles. The van der Waals surface area contributed by atoms with Crippen LogP contribution in [0.3, 0.4) is 0 Å². The van der Waals surface area contributed by atoms with Gasteiger partial charge in [-0.05, 0) is 36.8 Å². The van der Waals surface area contributed by atoms with Crippen LogP contribution in [0.4, 0.5) is 0 Å². The Bertz CT molecular complexity index is 880. The predicted octanol–water partition coefficient (Wildman–Crippen LogP) is 1.93. The molecule has 2 aromatic rings. The quantitative estimate of drug-likeness (QED) is 0.659. The van der Waals surface area contributed by atoms with Crippen molar-refractivity contribution in [3.8, 4) is 0 Å². The Balaban J connectivity index is 2.28. The third-order valence-corrected chi connectivity index (χ3v) is 5.67. The molecule has 0 aliphatic rings. The van der Waals surface area contributed by atoms with E-state index in [1.807, 2.05) is 18.2 Å². The number of nitrogens with zero attached hydrogens (tertiary/aromatic N) is 1. The first-order valence-corrected chi connectivity index (χ1v) is 9.88. The Hall–Kier alpha value is -2.71. The number of benzene rings is 2. The minimum atomic E-state index is -3.88. The average molecular weight is 390 g/mol. The largest absolute Gasteiger partial charge is 0.462 e. The number of ether oxygens (including phenoxy) is 1. The number of carbonyl (C=O) groups is 2. The summed E-state index contributed by atoms with van der Waals surface area (Å²) < 4.78 is 32.1. The number of rotatable bonds is 9. The van der Waals surface area contributed by atoms with Crippen molar-refractivity contribution in [3.63, 3.8) is 0 Å². The summed E-state index contributed by atoms with van der Waals surface area (Å²) in [6.45, 7) is 2.00. The number of hydrogen-bond donors (Lipinski definition) is 1. The van der Waals surface area contributed by atoms with Gasteiger partial charge in [-0.2, -0.15) is 4.31 Å². The highest BCUT2D eigenvalue weighted by Crippen LogP contribution is 2.20. The van der Waals surface area contributed by atoms with E-state index >= 15 is 0 Å². The lowest BCUT2D eigenvalue weighted by atomic mass is 10.2. The maximum Gasteiger partial charge on any atom is 0.338 e. The zero-order valence-corrected chi connectivity index (χ0v) is 15.8. The van der Waals surface area contributed by atoms with E-state index in [-0.39, 0.29) is 36.6 Å². The third-order valence-electron chi connectivity index (χ3n) is 3.81. The molecule has 1 amide bonds. The molecular weight excluding hydrogens is 368 g/mol. The minimum absolute atomic E-state index is 0.0240. The van der Waals surface area contributed by atoms with E-state index in [1.54, 1.807) is 19.1 Å². The zero-order chi connectivity index (χ0) is 19.9. The summed E-state index contributed by atoms with van der Waals surface area (Å²) in [5, 5.41) is 0. The van der Waals surface area contributed by atoms with Gasteiger partial charge >= 0.3 is 5.97 Å². The summed E-state index contributed by atoms with van der Waals surface area (Å²) in [7, 11) is -3.88. The van der Waals surface area contributed by atoms with Gasteiger partial charge in [0.05, 0.1) is 17.1 Å². The first kappa shape index (κ1) is 20.6. The topological polar surface area (TPSA) is 107 Å². The van der Waals surface area contributed by atoms with Gasteiger partial charge in [0.2, 0.25) is 15.9 Å². The standard InChI is InChI=1S/C19H22N2O5S/c1-2-26-19(23)16-8-10-17(11-9-16)27(24,25)21(13-12-18(20)22)14-15-6-4-3-5-7-15/h3-11H,2,12-14H2,1H3,(H2,20,22). The molecular formula is C19H22N2O5S. The SMILES string of the molecule is CCOC(=O)c1ccc(S(=O)(=O)N(CCC(N)=O)Cc2ccccc2)cc1. The number of hydrogen-bond acceptors (Lipinski definition) is 5. The molecule has 0 heterocycles. The lowest BCUT2D eigenvalue weighted by Gasteiger charge is -2.22. The fourth-order valence-corrected chi connectivity index (χ4v) is 3.86. The predicted molar refractivity (Wildman–Crippen MR) is 100 cm³/mol. The molecule has 0 radical (unpaired) electrons. The van der Waals surface area contributed by atoms with Gasteiger partial charge < -0.3 is 10.5 Å². The average Bonchev–Trinajstić information content (AvgIpc) is 2.66. The van der Waals surface area contributed by atoms with Gasteiger partial charge in [0, 0.05) is 19.5 Å². The highest BCUT2D eigenvalue weighted by molar-refractivity contribution is 7.89. The molecule has 2 aromatic carbocycles. The van der Waals surface area contributed by atoms with Gasteiger partial charge in [-0.25, -0.2) is 13.2 Å². The lowest BCUT2D eigenvalue weighted by molar-refractivity contribution is -0.118. The van der Waals surface area contributed by atoms with E-state index in [1.165, 1.54) is 28.6 Å². The number of primary amides is 1. The number of sulfonamides is 1. The molecule has 0 saturated heterocycles. The smallest absolute Gasteiger partial charge is 0.338 e. The van der Waals surface area contributed by atoms with Crippen LogP contribution in [-0.4, -0.2) is 37.8 Å². The Labute approximate surface area is 158 Å². The van der Waals surface area contributed by atoms with Gasteiger partial charge in [0.1, 0.15) is 0 Å². The Kier molecular flexibility index (Phi) is 7.09. The molecule has 8 heteroatoms. The van der Waals surface area contributed by atoms with Crippen molar-refractivity contribution in [1.29, 1.82) is 0 Å². The molecule has 0 aliphatic carbocycles. The second-order valence-electron chi connectivity index (χ2n) is 5.79. The van der Waals surface area contributed by atoms with Crippen LogP contribution in [0.1, 0.15) is 29.3 Å². The summed E-state index contributed by atoms with van der Waals surface area (Å²) in [4.78, 5) is 22.9. The van der Waals surface area contributed by atoms with E-state index in [9.17, 15) is 18.0 Å². The van der Waals surface area contributed by atoms with E-state index in [0.717, 1.165) is 5.56 Å². The van der Waals surface area contributed by atoms with Crippen molar-refractivity contribution in [2.24, 2.45) is 5.73 Å². The summed E-state index contributed by atoms with van der Waals surface area (Å²) in [5.74, 6) is -1.10. The van der Waals surface area contributed by atoms with Crippen molar-refractivity contribution in [2.45, 2.75) is 24.8 Å². The number of amides is 1. The summed E-state index contributed by atoms with van der Waals surface area (Å²) in [5.41, 5.74) is 6.24. The monoisotopic (exact) mass is 390 g/mol. The van der Waals surface area contributed by atoms with Crippen LogP contribution >= 0.6 is 0 Å². The molecule has 0 atom stereocenters. The van der Waals surface area contributed by atoms with Gasteiger partial charge in [0.25, 0.3) is 0 Å². The van der Waals surface area contributed by atoms with Crippen molar-refractivity contribution >= 4 is 21.9 Å². The molecule has 0 saturated carbocycles. The van der Waals surface area contributed by atoms with E-state index < -0.39 is 21.9 Å². The van der Waals surface area contributed by atoms with Crippen LogP contribution < -0.4 is 5.73 Å². The van der Waals surface area contributed by atoms with Crippen molar-refractivity contribution in [3.05, 3.63) is 65.7 Å². The molecule has 2 N–H and O–H groups in total. The van der Waals surface area contributed by atoms with Crippen LogP contribution in [0.25, 0.3) is 0 Å². The molecule has 2 rings (SSSR count). The van der Waals surface area contributed by atoms with Crippen LogP contribution in [0.15, 0.2) is 59.5 Å². The molecule has 0 spiro atoms. The summed E-state index contributed by atoms with van der Waals surface area (Å²) in [6.07, 6.45) is -0.0903. The molecule has 0 bridgehead atoms. The number of nitrogens with two attached hydrogens (primary N) is 1. The van der Waals surface area contributed by atoms with Gasteiger partial charge in [-0.15, -0.1) is 0 Å². The van der Waals surface area contributed by atoms with E-state index in [2.05, 4.69) is 0 Å². The van der Waals surface area contributed by atoms with Crippen molar-refractivity contribution in [1.82, 2.24) is 4.31 Å². The van der Waals surface area contributed by atoms with Gasteiger partial charge in [-0.1, -0.05) is 30.3 Å². The van der Waals surface area contributed by atoms with Gasteiger partial charge in [-0.3, -0.25) is 4.79 Å². The summed E-state index contributed by atoms with van der Waals surface area (Å²) >= 11 is 0. The zero-order valence-electron chi connectivity index (χ0n) is 15.0. The first-order valence-electron chi connectivity index (χ1n) is 8.44. The molecule has 144 valence electrons. The van der Waals surface area contributed by atoms with E-state index in [0.29, 0.717) is 0 Å². The molecule has 0 fully saturated rings. The normalized spacial score (nSPS) is 11.3. The highest BCUT2D eigenvalue weighted by atomic mass is 32.2. The van der Waals surface area contributed by atoms with Crippen molar-refractivity contribution < 1.29 is 22.7 Å². The Morgan fingerprint density at radius 3 is 2.22 bits per heavy atom. The maximum absolute atomic E-state index is 13.0. The van der Waals surface area contributed by atoms with Crippen LogP contribution in [0.5, 0.6) is 0 Å². The second kappa shape index (κ2) is 9.29. The number of esters is 1. The van der Waals surface area contributed by atoms with Gasteiger partial charge in [0.15, 0.2) is 0 Å². The van der Waals surface area contributed by atoms with Crippen LogP contribution in [0.2, 0.25) is 0 Å². The molecule has 27 heavy (non-hydrogen) atoms. The van der Waals surface area contributed by atoms with Crippen LogP contribution in [0, 0.1) is 0 Å². The fourth-order valence-electron chi connectivity index (χ4n) is 2.43. The molecule has 0 aliphatic heterocycles. The van der Waals surface area contributed by atoms with E-state index in [4.69, 9.17) is 10.5 Å². The number of carbonyl (C=O) groups excluding carboxylic acids is 2. The molecule has 7 nitrogen and oxygen atoms in total. The highest BCUT2D eigenvalue weighted by Gasteiger charge is 2.25. The summed E-state index contributed by atoms with van der Waals surface area (Å²) in [6, 6.07) is 14.6. The Morgan fingerprint density at radius 2 is 1.67 bits per heavy atom. The first-order chi connectivity index (χ1) is 12.8. The minimum Gasteiger partial charge on any atom is -0.462 e. The van der Waals surface area contributed by atoms with Crippen molar-refractivity contribution in [2.75, 3.05) is 13.2 Å². The van der Waals surface area contributed by atoms with Crippen LogP contribution in [-0.2, 0) is 26.1 Å². The maximum atomic E-state index is 13.0. The Morgan fingerprint density at radius 1 is 1.04 bits per heavy atom. The second-order valence-corrected chi connectivity index (χ2v) is 7.72. The third kappa shape index (κ3) is 5.63. The lowest BCUT2D eigenvalue weighted by Crippen LogP contribution is -2.33. The fraction of sp³-hybridized carbons (Fsp3) is 0.263. The molecule has 0 unspecified atom stereocenters.